The number of hydrogen-bond acceptors (Lipinski definition) is 2. The summed E-state index contributed by atoms with van der Waals surface area (Å²) in [5.74, 6) is -0.113. The average Bonchev–Trinajstić information content (AvgIpc) is 2.25. The molecule has 2 aromatic carbocycles. The Morgan fingerprint density at radius 2 is 1.53 bits per heavy atom. The number of rotatable bonds is 1. The molecule has 2 rings (SSSR count). The Labute approximate surface area is 101 Å². The van der Waals surface area contributed by atoms with Crippen LogP contribution in [-0.4, -0.2) is 10.2 Å². The number of phenolic OH excluding ortho intramolecular Hbond substituents is 2. The van der Waals surface area contributed by atoms with Gasteiger partial charge in [0.25, 0.3) is 0 Å². The van der Waals surface area contributed by atoms with Gasteiger partial charge in [-0.3, -0.25) is 0 Å². The zero-order valence-corrected chi connectivity index (χ0v) is 10.3. The van der Waals surface area contributed by atoms with Crippen molar-refractivity contribution in [2.75, 3.05) is 0 Å². The monoisotopic (exact) mass is 228 g/mol. The van der Waals surface area contributed by atoms with Crippen LogP contribution >= 0.6 is 0 Å². The third kappa shape index (κ3) is 2.11. The first-order valence-electron chi connectivity index (χ1n) is 5.59. The number of aryl methyl sites for hydroxylation is 3. The van der Waals surface area contributed by atoms with Crippen molar-refractivity contribution in [1.82, 2.24) is 0 Å². The Hall–Kier alpha value is -1.96. The molecule has 0 aliphatic heterocycles. The minimum absolute atomic E-state index is 0.0430. The molecule has 17 heavy (non-hydrogen) atoms. The SMILES string of the molecule is Cc1ccc(-c2cc(C)c(O)c(O)c2)c(C)c1. The van der Waals surface area contributed by atoms with E-state index in [1.165, 1.54) is 5.56 Å². The molecule has 0 fully saturated rings. The number of hydrogen-bond donors (Lipinski definition) is 2. The summed E-state index contributed by atoms with van der Waals surface area (Å²) in [6.45, 7) is 5.87. The van der Waals surface area contributed by atoms with Gasteiger partial charge in [-0.15, -0.1) is 0 Å². The van der Waals surface area contributed by atoms with Gasteiger partial charge in [-0.2, -0.15) is 0 Å². The summed E-state index contributed by atoms with van der Waals surface area (Å²) in [4.78, 5) is 0. The van der Waals surface area contributed by atoms with Crippen LogP contribution < -0.4 is 0 Å². The summed E-state index contributed by atoms with van der Waals surface area (Å²) < 4.78 is 0. The fourth-order valence-corrected chi connectivity index (χ4v) is 2.05. The molecule has 0 atom stereocenters. The second-order valence-electron chi connectivity index (χ2n) is 4.48. The van der Waals surface area contributed by atoms with Crippen LogP contribution in [0, 0.1) is 20.8 Å². The topological polar surface area (TPSA) is 40.5 Å². The van der Waals surface area contributed by atoms with Gasteiger partial charge in [-0.05, 0) is 55.2 Å². The molecule has 0 spiro atoms. The van der Waals surface area contributed by atoms with Gasteiger partial charge < -0.3 is 10.2 Å². The quantitative estimate of drug-likeness (QED) is 0.731. The van der Waals surface area contributed by atoms with Crippen molar-refractivity contribution in [3.8, 4) is 22.6 Å². The molecule has 2 N–H and O–H groups in total. The van der Waals surface area contributed by atoms with E-state index < -0.39 is 0 Å². The maximum Gasteiger partial charge on any atom is 0.160 e. The molecule has 0 bridgehead atoms. The fourth-order valence-electron chi connectivity index (χ4n) is 2.05. The van der Waals surface area contributed by atoms with Crippen LogP contribution in [0.2, 0.25) is 0 Å². The molecule has 0 unspecified atom stereocenters. The third-order valence-electron chi connectivity index (χ3n) is 2.97. The van der Waals surface area contributed by atoms with Crippen molar-refractivity contribution in [2.24, 2.45) is 0 Å². The summed E-state index contributed by atoms with van der Waals surface area (Å²) in [6, 6.07) is 9.67. The van der Waals surface area contributed by atoms with E-state index in [9.17, 15) is 10.2 Å². The van der Waals surface area contributed by atoms with Gasteiger partial charge in [0.05, 0.1) is 0 Å². The first-order chi connectivity index (χ1) is 7.99. The van der Waals surface area contributed by atoms with E-state index in [2.05, 4.69) is 13.0 Å². The van der Waals surface area contributed by atoms with E-state index in [1.807, 2.05) is 25.1 Å². The maximum absolute atomic E-state index is 9.64. The molecule has 0 amide bonds. The van der Waals surface area contributed by atoms with Crippen molar-refractivity contribution in [3.63, 3.8) is 0 Å². The van der Waals surface area contributed by atoms with Gasteiger partial charge in [-0.25, -0.2) is 0 Å². The lowest BCUT2D eigenvalue weighted by Crippen LogP contribution is -1.86. The lowest BCUT2D eigenvalue weighted by atomic mass is 9.97. The minimum atomic E-state index is -0.0695. The second-order valence-corrected chi connectivity index (χ2v) is 4.48. The molecular weight excluding hydrogens is 212 g/mol. The number of aromatic hydroxyl groups is 2. The summed E-state index contributed by atoms with van der Waals surface area (Å²) in [5.41, 5.74) is 5.06. The minimum Gasteiger partial charge on any atom is -0.504 e. The van der Waals surface area contributed by atoms with E-state index in [-0.39, 0.29) is 11.5 Å². The van der Waals surface area contributed by atoms with Gasteiger partial charge in [0.15, 0.2) is 11.5 Å². The molecule has 2 nitrogen and oxygen atoms in total. The standard InChI is InChI=1S/C15H16O2/c1-9-4-5-13(10(2)6-9)12-7-11(3)15(17)14(16)8-12/h4-8,16-17H,1-3H3. The predicted molar refractivity (Wildman–Crippen MR) is 69.4 cm³/mol. The van der Waals surface area contributed by atoms with Crippen LogP contribution in [0.15, 0.2) is 30.3 Å². The van der Waals surface area contributed by atoms with Crippen LogP contribution in [0.3, 0.4) is 0 Å². The summed E-state index contributed by atoms with van der Waals surface area (Å²) >= 11 is 0. The Bertz CT molecular complexity index is 548. The van der Waals surface area contributed by atoms with Crippen LogP contribution in [0.25, 0.3) is 11.1 Å². The summed E-state index contributed by atoms with van der Waals surface area (Å²) in [6.07, 6.45) is 0. The summed E-state index contributed by atoms with van der Waals surface area (Å²) in [7, 11) is 0. The van der Waals surface area contributed by atoms with E-state index in [0.29, 0.717) is 5.56 Å². The lowest BCUT2D eigenvalue weighted by molar-refractivity contribution is 0.401. The molecular formula is C15H16O2. The molecule has 2 heteroatoms. The molecule has 2 aromatic rings. The highest BCUT2D eigenvalue weighted by atomic mass is 16.3. The highest BCUT2D eigenvalue weighted by Crippen LogP contribution is 2.35. The van der Waals surface area contributed by atoms with Crippen molar-refractivity contribution >= 4 is 0 Å². The van der Waals surface area contributed by atoms with Crippen molar-refractivity contribution in [3.05, 3.63) is 47.0 Å². The largest absolute Gasteiger partial charge is 0.504 e. The van der Waals surface area contributed by atoms with E-state index >= 15 is 0 Å². The van der Waals surface area contributed by atoms with Crippen LogP contribution in [0.1, 0.15) is 16.7 Å². The van der Waals surface area contributed by atoms with Crippen molar-refractivity contribution in [1.29, 1.82) is 0 Å². The Balaban J connectivity index is 2.61. The molecule has 0 aliphatic carbocycles. The molecule has 88 valence electrons. The average molecular weight is 228 g/mol. The molecule has 0 saturated heterocycles. The molecule has 0 heterocycles. The third-order valence-corrected chi connectivity index (χ3v) is 2.97. The van der Waals surface area contributed by atoms with Crippen LogP contribution in [0.4, 0.5) is 0 Å². The first-order valence-corrected chi connectivity index (χ1v) is 5.59. The maximum atomic E-state index is 9.64. The van der Waals surface area contributed by atoms with Crippen LogP contribution in [-0.2, 0) is 0 Å². The second kappa shape index (κ2) is 4.13. The van der Waals surface area contributed by atoms with Gasteiger partial charge in [0.1, 0.15) is 0 Å². The zero-order valence-electron chi connectivity index (χ0n) is 10.3. The van der Waals surface area contributed by atoms with E-state index in [0.717, 1.165) is 16.7 Å². The normalized spacial score (nSPS) is 10.5. The molecule has 0 radical (unpaired) electrons. The Morgan fingerprint density at radius 3 is 2.12 bits per heavy atom. The van der Waals surface area contributed by atoms with E-state index in [4.69, 9.17) is 0 Å². The molecule has 0 aromatic heterocycles. The van der Waals surface area contributed by atoms with E-state index in [1.54, 1.807) is 13.0 Å². The summed E-state index contributed by atoms with van der Waals surface area (Å²) in [5, 5.41) is 19.2. The lowest BCUT2D eigenvalue weighted by Gasteiger charge is -2.10. The van der Waals surface area contributed by atoms with Crippen LogP contribution in [0.5, 0.6) is 11.5 Å². The van der Waals surface area contributed by atoms with Gasteiger partial charge in [0, 0.05) is 0 Å². The Kier molecular flexibility index (Phi) is 2.80. The predicted octanol–water partition coefficient (Wildman–Crippen LogP) is 3.69. The number of benzene rings is 2. The smallest absolute Gasteiger partial charge is 0.160 e. The fraction of sp³-hybridized carbons (Fsp3) is 0.200. The van der Waals surface area contributed by atoms with Crippen molar-refractivity contribution in [2.45, 2.75) is 20.8 Å². The molecule has 0 aliphatic rings. The highest BCUT2D eigenvalue weighted by Gasteiger charge is 2.08. The van der Waals surface area contributed by atoms with Gasteiger partial charge in [-0.1, -0.05) is 23.8 Å². The van der Waals surface area contributed by atoms with Crippen molar-refractivity contribution < 1.29 is 10.2 Å². The van der Waals surface area contributed by atoms with Gasteiger partial charge in [0.2, 0.25) is 0 Å². The Morgan fingerprint density at radius 1 is 0.824 bits per heavy atom. The highest BCUT2D eigenvalue weighted by molar-refractivity contribution is 5.71. The van der Waals surface area contributed by atoms with Gasteiger partial charge >= 0.3 is 0 Å². The number of phenols is 2. The first kappa shape index (κ1) is 11.5. The zero-order chi connectivity index (χ0) is 12.6. The molecule has 0 saturated carbocycles.